The molecule has 0 bridgehead atoms. The summed E-state index contributed by atoms with van der Waals surface area (Å²) in [5.41, 5.74) is 2.18. The van der Waals surface area contributed by atoms with Crippen LogP contribution < -0.4 is 0 Å². The highest BCUT2D eigenvalue weighted by Gasteiger charge is 2.41. The predicted molar refractivity (Wildman–Crippen MR) is 92.7 cm³/mol. The lowest BCUT2D eigenvalue weighted by Gasteiger charge is -2.30. The average molecular weight is 285 g/mol. The Kier molecular flexibility index (Phi) is 9.20. The van der Waals surface area contributed by atoms with Gasteiger partial charge in [0.2, 0.25) is 0 Å². The molecule has 1 nitrogen and oxygen atoms in total. The van der Waals surface area contributed by atoms with Gasteiger partial charge in [-0.05, 0) is 69.4 Å². The van der Waals surface area contributed by atoms with Crippen LogP contribution in [0.3, 0.4) is 0 Å². The van der Waals surface area contributed by atoms with E-state index in [0.717, 1.165) is 5.92 Å². The molecule has 2 heteroatoms. The van der Waals surface area contributed by atoms with Crippen LogP contribution in [0, 0.1) is 11.3 Å². The van der Waals surface area contributed by atoms with Gasteiger partial charge in [-0.2, -0.15) is 0 Å². The summed E-state index contributed by atoms with van der Waals surface area (Å²) >= 11 is 0. The molecule has 1 heterocycles. The summed E-state index contributed by atoms with van der Waals surface area (Å²) in [4.78, 5) is 2.49. The van der Waals surface area contributed by atoms with Crippen LogP contribution in [0.2, 0.25) is 0 Å². The fraction of sp³-hybridized carbons (Fsp3) is 0.882. The molecule has 3 atom stereocenters. The van der Waals surface area contributed by atoms with Crippen molar-refractivity contribution in [1.82, 2.24) is 4.90 Å². The van der Waals surface area contributed by atoms with Crippen LogP contribution in [0.15, 0.2) is 10.9 Å². The summed E-state index contributed by atoms with van der Waals surface area (Å²) in [6.07, 6.45) is 5.53. The molecular formula is C17H36NP. The van der Waals surface area contributed by atoms with Crippen molar-refractivity contribution >= 4 is 9.24 Å². The van der Waals surface area contributed by atoms with Gasteiger partial charge in [-0.25, -0.2) is 0 Å². The van der Waals surface area contributed by atoms with Crippen molar-refractivity contribution in [1.29, 1.82) is 0 Å². The molecule has 19 heavy (non-hydrogen) atoms. The fourth-order valence-corrected chi connectivity index (χ4v) is 4.03. The van der Waals surface area contributed by atoms with Crippen LogP contribution in [0.4, 0.5) is 0 Å². The second kappa shape index (κ2) is 9.14. The van der Waals surface area contributed by atoms with Crippen molar-refractivity contribution in [3.8, 4) is 0 Å². The van der Waals surface area contributed by atoms with E-state index in [1.54, 1.807) is 10.9 Å². The molecule has 1 aliphatic carbocycles. The van der Waals surface area contributed by atoms with E-state index in [1.165, 1.54) is 38.8 Å². The zero-order valence-corrected chi connectivity index (χ0v) is 15.5. The minimum atomic E-state index is 0.541. The number of hydrogen-bond donors (Lipinski definition) is 0. The van der Waals surface area contributed by atoms with E-state index >= 15 is 0 Å². The Hall–Kier alpha value is 0.130. The quantitative estimate of drug-likeness (QED) is 0.544. The molecule has 0 amide bonds. The van der Waals surface area contributed by atoms with E-state index in [9.17, 15) is 0 Å². The Morgan fingerprint density at radius 1 is 1.11 bits per heavy atom. The first kappa shape index (κ1) is 19.1. The number of hydrogen-bond acceptors (Lipinski definition) is 1. The van der Waals surface area contributed by atoms with Gasteiger partial charge in [0, 0.05) is 0 Å². The van der Waals surface area contributed by atoms with Crippen LogP contribution in [-0.4, -0.2) is 25.0 Å². The first-order valence-electron chi connectivity index (χ1n) is 8.20. The van der Waals surface area contributed by atoms with E-state index in [2.05, 4.69) is 35.0 Å². The van der Waals surface area contributed by atoms with Gasteiger partial charge in [0.05, 0.1) is 0 Å². The van der Waals surface area contributed by atoms with Gasteiger partial charge < -0.3 is 4.90 Å². The number of allylic oxidation sites excluding steroid dienone is 2. The molecule has 0 aromatic heterocycles. The Balaban J connectivity index is 0.000000741. The van der Waals surface area contributed by atoms with E-state index < -0.39 is 0 Å². The molecule has 0 aromatic rings. The van der Waals surface area contributed by atoms with Crippen LogP contribution in [0.1, 0.15) is 67.2 Å². The van der Waals surface area contributed by atoms with Crippen LogP contribution in [-0.2, 0) is 0 Å². The van der Waals surface area contributed by atoms with Crippen molar-refractivity contribution in [2.45, 2.75) is 67.2 Å². The number of rotatable bonds is 0. The third kappa shape index (κ3) is 4.57. The van der Waals surface area contributed by atoms with Crippen LogP contribution in [0.5, 0.6) is 0 Å². The van der Waals surface area contributed by atoms with Gasteiger partial charge in [0.25, 0.3) is 0 Å². The molecule has 1 fully saturated rings. The van der Waals surface area contributed by atoms with Gasteiger partial charge in [0.15, 0.2) is 0 Å². The molecule has 2 aliphatic rings. The van der Waals surface area contributed by atoms with E-state index in [0.29, 0.717) is 5.41 Å². The minimum Gasteiger partial charge on any atom is -0.306 e. The van der Waals surface area contributed by atoms with E-state index in [-0.39, 0.29) is 0 Å². The summed E-state index contributed by atoms with van der Waals surface area (Å²) in [7, 11) is 5.31. The Morgan fingerprint density at radius 3 is 2.16 bits per heavy atom. The second-order valence-corrected chi connectivity index (χ2v) is 6.22. The fourth-order valence-electron chi connectivity index (χ4n) is 3.34. The number of likely N-dealkylation sites (tertiary alicyclic amines) is 1. The molecule has 0 N–H and O–H groups in total. The molecular weight excluding hydrogens is 249 g/mol. The van der Waals surface area contributed by atoms with Crippen molar-refractivity contribution in [2.24, 2.45) is 11.3 Å². The zero-order valence-electron chi connectivity index (χ0n) is 14.3. The number of nitrogens with zero attached hydrogens (tertiary/aromatic N) is 1. The van der Waals surface area contributed by atoms with E-state index in [4.69, 9.17) is 0 Å². The highest BCUT2D eigenvalue weighted by atomic mass is 31.0. The minimum absolute atomic E-state index is 0.541. The van der Waals surface area contributed by atoms with Gasteiger partial charge in [0.1, 0.15) is 0 Å². The maximum atomic E-state index is 3.05. The lowest BCUT2D eigenvalue weighted by atomic mass is 9.79. The molecule has 1 aliphatic heterocycles. The van der Waals surface area contributed by atoms with Crippen LogP contribution >= 0.6 is 9.24 Å². The van der Waals surface area contributed by atoms with E-state index in [1.807, 2.05) is 27.7 Å². The Morgan fingerprint density at radius 2 is 1.68 bits per heavy atom. The van der Waals surface area contributed by atoms with Crippen LogP contribution in [0.25, 0.3) is 0 Å². The molecule has 0 radical (unpaired) electrons. The average Bonchev–Trinajstić information content (AvgIpc) is 2.60. The van der Waals surface area contributed by atoms with Gasteiger partial charge >= 0.3 is 0 Å². The third-order valence-corrected chi connectivity index (χ3v) is 5.67. The zero-order chi connectivity index (χ0) is 15.1. The Bertz CT molecular complexity index is 285. The molecule has 3 unspecified atom stereocenters. The first-order valence-corrected chi connectivity index (χ1v) is 8.78. The largest absolute Gasteiger partial charge is 0.306 e. The second-order valence-electron chi connectivity index (χ2n) is 5.64. The normalized spacial score (nSPS) is 31.3. The smallest absolute Gasteiger partial charge is 0.00133 e. The summed E-state index contributed by atoms with van der Waals surface area (Å²) < 4.78 is 0. The molecule has 114 valence electrons. The maximum absolute atomic E-state index is 3.05. The predicted octanol–water partition coefficient (Wildman–Crippen LogP) is 5.33. The first-order chi connectivity index (χ1) is 9.05. The third-order valence-electron chi connectivity index (χ3n) is 4.60. The lowest BCUT2D eigenvalue weighted by Crippen LogP contribution is -2.23. The topological polar surface area (TPSA) is 3.24 Å². The maximum Gasteiger partial charge on any atom is -0.00133 e. The molecule has 0 saturated carbocycles. The highest BCUT2D eigenvalue weighted by molar-refractivity contribution is 7.22. The molecule has 2 rings (SSSR count). The summed E-state index contributed by atoms with van der Waals surface area (Å²) in [5.74, 6) is 0.806. The highest BCUT2D eigenvalue weighted by Crippen LogP contribution is 2.54. The summed E-state index contributed by atoms with van der Waals surface area (Å²) in [5, 5.41) is 1.64. The lowest BCUT2D eigenvalue weighted by molar-refractivity contribution is 0.282. The summed E-state index contributed by atoms with van der Waals surface area (Å²) in [6.45, 7) is 15.3. The standard InChI is InChI=1S/C13H24NP.2C2H6/c1-10-9-13(12(15)11(10)2)5-4-7-14(3)8-6-13;2*1-2/h10H,4-9,15H2,1-3H3;2*1-2H3. The monoisotopic (exact) mass is 285 g/mol. The molecule has 1 saturated heterocycles. The van der Waals surface area contributed by atoms with Crippen molar-refractivity contribution in [2.75, 3.05) is 20.1 Å². The van der Waals surface area contributed by atoms with Crippen molar-refractivity contribution in [3.05, 3.63) is 10.9 Å². The van der Waals surface area contributed by atoms with Crippen molar-refractivity contribution in [3.63, 3.8) is 0 Å². The SMILES string of the molecule is CC.CC.CC1=C(P)C2(CCCN(C)CC2)CC1C. The van der Waals surface area contributed by atoms with Gasteiger partial charge in [-0.1, -0.05) is 40.2 Å². The Labute approximate surface area is 124 Å². The summed E-state index contributed by atoms with van der Waals surface area (Å²) in [6, 6.07) is 0. The molecule has 0 aromatic carbocycles. The van der Waals surface area contributed by atoms with Gasteiger partial charge in [-0.15, -0.1) is 9.24 Å². The van der Waals surface area contributed by atoms with Gasteiger partial charge in [-0.3, -0.25) is 0 Å². The molecule has 1 spiro atoms. The van der Waals surface area contributed by atoms with Crippen molar-refractivity contribution < 1.29 is 0 Å².